The highest BCUT2D eigenvalue weighted by Gasteiger charge is 2.25. The molecular formula is C18H24N6O7. The molecular weight excluding hydrogens is 412 g/mol. The molecule has 2 rings (SSSR count). The number of aromatic nitrogens is 4. The topological polar surface area (TPSA) is 174 Å². The summed E-state index contributed by atoms with van der Waals surface area (Å²) < 4.78 is 7.90. The Balaban J connectivity index is 2.22. The van der Waals surface area contributed by atoms with Gasteiger partial charge in [-0.25, -0.2) is 4.79 Å². The zero-order chi connectivity index (χ0) is 23.6. The molecule has 0 amide bonds. The number of nitrogens with zero attached hydrogens (tertiary/aromatic N) is 5. The third-order valence-corrected chi connectivity index (χ3v) is 4.58. The second-order valence-electron chi connectivity index (χ2n) is 7.43. The van der Waals surface area contributed by atoms with Crippen molar-refractivity contribution in [3.63, 3.8) is 0 Å². The summed E-state index contributed by atoms with van der Waals surface area (Å²) in [5.41, 5.74) is 3.99. The molecule has 31 heavy (non-hydrogen) atoms. The van der Waals surface area contributed by atoms with E-state index in [1.165, 1.54) is 20.9 Å². The number of hydrogen-bond donors (Lipinski definition) is 1. The zero-order valence-corrected chi connectivity index (χ0v) is 17.9. The van der Waals surface area contributed by atoms with Gasteiger partial charge in [-0.1, -0.05) is 13.8 Å². The van der Waals surface area contributed by atoms with Gasteiger partial charge in [0.1, 0.15) is 29.3 Å². The quantitative estimate of drug-likeness (QED) is 0.257. The molecule has 0 fully saturated rings. The molecule has 2 aromatic heterocycles. The number of ether oxygens (including phenoxy) is 1. The third kappa shape index (κ3) is 4.70. The molecule has 2 heterocycles. The molecule has 0 spiro atoms. The largest absolute Gasteiger partial charge is 0.456 e. The van der Waals surface area contributed by atoms with Crippen LogP contribution in [0.3, 0.4) is 0 Å². The Bertz CT molecular complexity index is 1170. The van der Waals surface area contributed by atoms with Crippen LogP contribution in [0.1, 0.15) is 35.6 Å². The van der Waals surface area contributed by atoms with Crippen molar-refractivity contribution in [2.24, 2.45) is 13.0 Å². The Hall–Kier alpha value is -3.77. The number of ketones is 1. The van der Waals surface area contributed by atoms with Crippen LogP contribution < -0.4 is 17.0 Å². The minimum atomic E-state index is -0.891. The van der Waals surface area contributed by atoms with E-state index in [4.69, 9.17) is 10.5 Å². The third-order valence-electron chi connectivity index (χ3n) is 4.58. The molecule has 2 aromatic rings. The maximum Gasteiger partial charge on any atom is 0.332 e. The molecule has 168 valence electrons. The molecule has 0 atom stereocenters. The van der Waals surface area contributed by atoms with E-state index in [1.807, 2.05) is 13.8 Å². The first-order chi connectivity index (χ1) is 14.4. The fourth-order valence-electron chi connectivity index (χ4n) is 3.08. The lowest BCUT2D eigenvalue weighted by Gasteiger charge is -2.16. The zero-order valence-electron chi connectivity index (χ0n) is 17.9. The Morgan fingerprint density at radius 2 is 1.87 bits per heavy atom. The lowest BCUT2D eigenvalue weighted by atomic mass is 10.1. The number of hydrogen-bond acceptors (Lipinski definition) is 9. The van der Waals surface area contributed by atoms with E-state index < -0.39 is 46.6 Å². The number of anilines is 1. The van der Waals surface area contributed by atoms with E-state index in [0.717, 1.165) is 13.8 Å². The van der Waals surface area contributed by atoms with Gasteiger partial charge in [-0.3, -0.25) is 38.3 Å². The number of nitro groups is 1. The number of rotatable bonds is 8. The standard InChI is InChI=1S/C18H24N6O7/c1-9(2)6-22-16(19)14(17(27)21(5)18(22)28)12(25)8-31-13(26)7-23-11(4)15(24(29)30)10(3)20-23/h9H,6-8,19H2,1-5H3. The second-order valence-corrected chi connectivity index (χ2v) is 7.43. The lowest BCUT2D eigenvalue weighted by molar-refractivity contribution is -0.386. The molecule has 0 unspecified atom stereocenters. The molecule has 13 heteroatoms. The SMILES string of the molecule is Cc1nn(CC(=O)OCC(=O)c2c(N)n(CC(C)C)c(=O)n(C)c2=O)c(C)c1[N+](=O)[O-]. The van der Waals surface area contributed by atoms with Crippen LogP contribution >= 0.6 is 0 Å². The highest BCUT2D eigenvalue weighted by atomic mass is 16.6. The highest BCUT2D eigenvalue weighted by molar-refractivity contribution is 6.01. The van der Waals surface area contributed by atoms with Crippen LogP contribution in [0, 0.1) is 29.9 Å². The molecule has 0 saturated carbocycles. The highest BCUT2D eigenvalue weighted by Crippen LogP contribution is 2.21. The maximum absolute atomic E-state index is 12.6. The minimum absolute atomic E-state index is 0.0168. The van der Waals surface area contributed by atoms with Crippen molar-refractivity contribution in [3.05, 3.63) is 47.9 Å². The van der Waals surface area contributed by atoms with E-state index in [-0.39, 0.29) is 35.4 Å². The fraction of sp³-hybridized carbons (Fsp3) is 0.500. The summed E-state index contributed by atoms with van der Waals surface area (Å²) in [5, 5.41) is 15.0. The van der Waals surface area contributed by atoms with Crippen molar-refractivity contribution >= 4 is 23.3 Å². The summed E-state index contributed by atoms with van der Waals surface area (Å²) in [5.74, 6) is -2.04. The summed E-state index contributed by atoms with van der Waals surface area (Å²) in [4.78, 5) is 59.8. The average molecular weight is 436 g/mol. The number of esters is 1. The summed E-state index contributed by atoms with van der Waals surface area (Å²) >= 11 is 0. The Labute approximate surface area is 176 Å². The Kier molecular flexibility index (Phi) is 6.78. The van der Waals surface area contributed by atoms with Crippen LogP contribution in [0.15, 0.2) is 9.59 Å². The fourth-order valence-corrected chi connectivity index (χ4v) is 3.08. The van der Waals surface area contributed by atoms with Crippen molar-refractivity contribution in [3.8, 4) is 0 Å². The van der Waals surface area contributed by atoms with Crippen LogP contribution in [-0.4, -0.2) is 42.2 Å². The van der Waals surface area contributed by atoms with Crippen LogP contribution in [0.4, 0.5) is 11.5 Å². The van der Waals surface area contributed by atoms with Gasteiger partial charge in [0.25, 0.3) is 5.56 Å². The van der Waals surface area contributed by atoms with E-state index in [2.05, 4.69) is 5.10 Å². The van der Waals surface area contributed by atoms with Gasteiger partial charge in [-0.05, 0) is 19.8 Å². The normalized spacial score (nSPS) is 11.0. The van der Waals surface area contributed by atoms with Gasteiger partial charge in [-0.15, -0.1) is 0 Å². The van der Waals surface area contributed by atoms with Gasteiger partial charge >= 0.3 is 17.3 Å². The van der Waals surface area contributed by atoms with E-state index >= 15 is 0 Å². The van der Waals surface area contributed by atoms with Crippen molar-refractivity contribution in [2.75, 3.05) is 12.3 Å². The van der Waals surface area contributed by atoms with Crippen LogP contribution in [0.2, 0.25) is 0 Å². The summed E-state index contributed by atoms with van der Waals surface area (Å²) in [6.45, 7) is 5.47. The van der Waals surface area contributed by atoms with Crippen LogP contribution in [0.25, 0.3) is 0 Å². The van der Waals surface area contributed by atoms with Gasteiger partial charge in [0.05, 0.1) is 4.92 Å². The molecule has 0 aliphatic rings. The molecule has 0 bridgehead atoms. The predicted octanol–water partition coefficient (Wildman–Crippen LogP) is -0.0672. The van der Waals surface area contributed by atoms with Crippen LogP contribution in [-0.2, 0) is 29.7 Å². The Morgan fingerprint density at radius 1 is 1.26 bits per heavy atom. The van der Waals surface area contributed by atoms with Crippen LogP contribution in [0.5, 0.6) is 0 Å². The molecule has 0 aliphatic carbocycles. The first-order valence-corrected chi connectivity index (χ1v) is 9.33. The summed E-state index contributed by atoms with van der Waals surface area (Å²) in [6, 6.07) is 0. The van der Waals surface area contributed by atoms with Gasteiger partial charge < -0.3 is 10.5 Å². The number of Topliss-reactive ketones (excluding diaryl/α,β-unsaturated/α-hetero) is 1. The van der Waals surface area contributed by atoms with Gasteiger partial charge in [0, 0.05) is 13.6 Å². The van der Waals surface area contributed by atoms with Crippen molar-refractivity contribution < 1.29 is 19.2 Å². The van der Waals surface area contributed by atoms with Crippen molar-refractivity contribution in [2.45, 2.75) is 40.8 Å². The first kappa shape index (κ1) is 23.5. The number of carbonyl (C=O) groups excluding carboxylic acids is 2. The van der Waals surface area contributed by atoms with E-state index in [1.54, 1.807) is 0 Å². The first-order valence-electron chi connectivity index (χ1n) is 9.33. The Morgan fingerprint density at radius 3 is 2.39 bits per heavy atom. The molecule has 2 N–H and O–H groups in total. The minimum Gasteiger partial charge on any atom is -0.456 e. The van der Waals surface area contributed by atoms with E-state index in [9.17, 15) is 29.3 Å². The van der Waals surface area contributed by atoms with Gasteiger partial charge in [0.15, 0.2) is 6.61 Å². The molecule has 0 aliphatic heterocycles. The summed E-state index contributed by atoms with van der Waals surface area (Å²) in [7, 11) is 1.22. The van der Waals surface area contributed by atoms with Gasteiger partial charge in [0.2, 0.25) is 5.78 Å². The summed E-state index contributed by atoms with van der Waals surface area (Å²) in [6.07, 6.45) is 0. The molecule has 13 nitrogen and oxygen atoms in total. The predicted molar refractivity (Wildman–Crippen MR) is 109 cm³/mol. The number of nitrogens with two attached hydrogens (primary N) is 1. The van der Waals surface area contributed by atoms with Crippen molar-refractivity contribution in [1.82, 2.24) is 18.9 Å². The monoisotopic (exact) mass is 436 g/mol. The lowest BCUT2D eigenvalue weighted by Crippen LogP contribution is -2.43. The molecule has 0 aromatic carbocycles. The van der Waals surface area contributed by atoms with Gasteiger partial charge in [-0.2, -0.15) is 5.10 Å². The van der Waals surface area contributed by atoms with E-state index in [0.29, 0.717) is 0 Å². The number of aryl methyl sites for hydroxylation is 1. The van der Waals surface area contributed by atoms with Crippen molar-refractivity contribution in [1.29, 1.82) is 0 Å². The number of carbonyl (C=O) groups is 2. The smallest absolute Gasteiger partial charge is 0.332 e. The second kappa shape index (κ2) is 8.93. The number of nitrogen functional groups attached to an aromatic ring is 1. The maximum atomic E-state index is 12.6. The average Bonchev–Trinajstić information content (AvgIpc) is 2.95. The molecule has 0 saturated heterocycles. The molecule has 0 radical (unpaired) electrons.